The predicted molar refractivity (Wildman–Crippen MR) is 93.7 cm³/mol. The van der Waals surface area contributed by atoms with Crippen molar-refractivity contribution < 1.29 is 32.6 Å². The van der Waals surface area contributed by atoms with Crippen molar-refractivity contribution in [3.8, 4) is 11.3 Å². The highest BCUT2D eigenvalue weighted by atomic mass is 19.3. The average molecular weight is 397 g/mol. The molecule has 1 aromatic heterocycles. The Bertz CT molecular complexity index is 742. The third-order valence-corrected chi connectivity index (χ3v) is 4.35. The molecule has 152 valence electrons. The predicted octanol–water partition coefficient (Wildman–Crippen LogP) is 1.55. The Balaban J connectivity index is 1.52. The van der Waals surface area contributed by atoms with Crippen LogP contribution in [0.5, 0.6) is 0 Å². The number of aliphatic hydroxyl groups is 1. The molecule has 1 amide bonds. The largest absolute Gasteiger partial charge is 0.444 e. The number of benzene rings is 1. The maximum atomic E-state index is 11.9. The fraction of sp³-hybridized carbons (Fsp3) is 0.444. The second kappa shape index (κ2) is 9.58. The standard InChI is InChI=1S/C18H21F2N3O5/c19-17(20)26-6-5-22-18(25)28-16-13(23-8-14(16)24)7-11-1-3-12(4-2-11)15-9-21-10-27-15/h1-4,9-10,13-14,16-17,23-24H,5-8H2,(H,22,25)/t13-,14?,16+/m1/s1. The van der Waals surface area contributed by atoms with Crippen LogP contribution in [0.2, 0.25) is 0 Å². The molecular weight excluding hydrogens is 376 g/mol. The summed E-state index contributed by atoms with van der Waals surface area (Å²) in [4.78, 5) is 15.7. The van der Waals surface area contributed by atoms with E-state index in [-0.39, 0.29) is 25.7 Å². The number of carbonyl (C=O) groups is 1. The van der Waals surface area contributed by atoms with Gasteiger partial charge in [0, 0.05) is 18.7 Å². The molecule has 0 aliphatic carbocycles. The normalized spacial score (nSPS) is 21.8. The van der Waals surface area contributed by atoms with Gasteiger partial charge in [-0.25, -0.2) is 9.78 Å². The number of oxazole rings is 1. The summed E-state index contributed by atoms with van der Waals surface area (Å²) in [5.41, 5.74) is 1.87. The van der Waals surface area contributed by atoms with Gasteiger partial charge in [0.15, 0.2) is 12.2 Å². The SMILES string of the molecule is O=C(NCCOC(F)F)O[C@@H]1C(O)CN[C@@H]1Cc1ccc(-c2cnco2)cc1. The van der Waals surface area contributed by atoms with E-state index in [4.69, 9.17) is 9.15 Å². The number of aromatic nitrogens is 1. The zero-order chi connectivity index (χ0) is 19.9. The summed E-state index contributed by atoms with van der Waals surface area (Å²) in [6.45, 7) is -3.06. The minimum atomic E-state index is -2.89. The van der Waals surface area contributed by atoms with E-state index in [2.05, 4.69) is 20.4 Å². The molecule has 0 bridgehead atoms. The first-order chi connectivity index (χ1) is 13.5. The first kappa shape index (κ1) is 20.2. The van der Waals surface area contributed by atoms with E-state index in [1.54, 1.807) is 6.20 Å². The molecule has 10 heteroatoms. The molecule has 1 aliphatic rings. The highest BCUT2D eigenvalue weighted by Gasteiger charge is 2.37. The van der Waals surface area contributed by atoms with E-state index in [0.717, 1.165) is 11.1 Å². The van der Waals surface area contributed by atoms with Crippen molar-refractivity contribution in [1.29, 1.82) is 0 Å². The van der Waals surface area contributed by atoms with Gasteiger partial charge in [-0.1, -0.05) is 24.3 Å². The molecule has 8 nitrogen and oxygen atoms in total. The van der Waals surface area contributed by atoms with Crippen LogP contribution in [0, 0.1) is 0 Å². The van der Waals surface area contributed by atoms with Crippen molar-refractivity contribution >= 4 is 6.09 Å². The van der Waals surface area contributed by atoms with Crippen LogP contribution < -0.4 is 10.6 Å². The Morgan fingerprint density at radius 1 is 1.39 bits per heavy atom. The lowest BCUT2D eigenvalue weighted by molar-refractivity contribution is -0.127. The van der Waals surface area contributed by atoms with Crippen LogP contribution in [-0.2, 0) is 15.9 Å². The summed E-state index contributed by atoms with van der Waals surface area (Å²) in [7, 11) is 0. The van der Waals surface area contributed by atoms with E-state index in [9.17, 15) is 18.7 Å². The number of hydrogen-bond donors (Lipinski definition) is 3. The van der Waals surface area contributed by atoms with Crippen LogP contribution >= 0.6 is 0 Å². The van der Waals surface area contributed by atoms with Gasteiger partial charge in [-0.05, 0) is 12.0 Å². The second-order valence-electron chi connectivity index (χ2n) is 6.28. The third-order valence-electron chi connectivity index (χ3n) is 4.35. The summed E-state index contributed by atoms with van der Waals surface area (Å²) in [5.74, 6) is 0.662. The minimum absolute atomic E-state index is 0.118. The Morgan fingerprint density at radius 3 is 2.86 bits per heavy atom. The van der Waals surface area contributed by atoms with Crippen molar-refractivity contribution in [3.63, 3.8) is 0 Å². The van der Waals surface area contributed by atoms with Gasteiger partial charge in [-0.15, -0.1) is 0 Å². The summed E-state index contributed by atoms with van der Waals surface area (Å²) < 4.78 is 38.3. The van der Waals surface area contributed by atoms with E-state index < -0.39 is 24.9 Å². The topological polar surface area (TPSA) is 106 Å². The van der Waals surface area contributed by atoms with Crippen LogP contribution in [-0.4, -0.2) is 60.7 Å². The lowest BCUT2D eigenvalue weighted by Crippen LogP contribution is -2.42. The molecule has 28 heavy (non-hydrogen) atoms. The smallest absolute Gasteiger partial charge is 0.407 e. The quantitative estimate of drug-likeness (QED) is 0.581. The number of ether oxygens (including phenoxy) is 2. The van der Waals surface area contributed by atoms with E-state index in [1.807, 2.05) is 24.3 Å². The van der Waals surface area contributed by atoms with Crippen LogP contribution in [0.25, 0.3) is 11.3 Å². The minimum Gasteiger partial charge on any atom is -0.444 e. The number of carbonyl (C=O) groups excluding carboxylic acids is 1. The number of aliphatic hydroxyl groups excluding tert-OH is 1. The molecule has 1 aliphatic heterocycles. The number of halogens is 2. The molecule has 0 radical (unpaired) electrons. The molecule has 2 heterocycles. The fourth-order valence-electron chi connectivity index (χ4n) is 3.01. The lowest BCUT2D eigenvalue weighted by atomic mass is 10.0. The van der Waals surface area contributed by atoms with E-state index in [0.29, 0.717) is 12.2 Å². The number of nitrogens with one attached hydrogen (secondary N) is 2. The first-order valence-corrected chi connectivity index (χ1v) is 8.76. The van der Waals surface area contributed by atoms with Gasteiger partial charge >= 0.3 is 12.7 Å². The molecule has 2 aromatic rings. The van der Waals surface area contributed by atoms with Gasteiger partial charge < -0.3 is 29.6 Å². The Kier molecular flexibility index (Phi) is 6.90. The van der Waals surface area contributed by atoms with Crippen molar-refractivity contribution in [1.82, 2.24) is 15.6 Å². The molecule has 3 rings (SSSR count). The number of amides is 1. The highest BCUT2D eigenvalue weighted by molar-refractivity contribution is 5.67. The molecule has 0 spiro atoms. The molecule has 0 saturated carbocycles. The molecule has 3 atom stereocenters. The summed E-state index contributed by atoms with van der Waals surface area (Å²) >= 11 is 0. The van der Waals surface area contributed by atoms with Gasteiger partial charge in [0.2, 0.25) is 0 Å². The van der Waals surface area contributed by atoms with E-state index in [1.165, 1.54) is 6.39 Å². The number of β-amino-alcohol motifs (C(OH)–C–C–N with tert-alkyl or cyclic N) is 1. The average Bonchev–Trinajstić information content (AvgIpc) is 3.32. The Morgan fingerprint density at radius 2 is 2.18 bits per heavy atom. The molecule has 1 aromatic carbocycles. The molecule has 1 saturated heterocycles. The fourth-order valence-corrected chi connectivity index (χ4v) is 3.01. The van der Waals surface area contributed by atoms with Gasteiger partial charge in [-0.2, -0.15) is 8.78 Å². The van der Waals surface area contributed by atoms with Gasteiger partial charge in [0.05, 0.1) is 18.8 Å². The number of rotatable bonds is 8. The van der Waals surface area contributed by atoms with Crippen LogP contribution in [0.1, 0.15) is 5.56 Å². The summed E-state index contributed by atoms with van der Waals surface area (Å²) in [6.07, 6.45) is 1.10. The van der Waals surface area contributed by atoms with Crippen molar-refractivity contribution in [2.75, 3.05) is 19.7 Å². The van der Waals surface area contributed by atoms with Gasteiger partial charge in [-0.3, -0.25) is 0 Å². The number of nitrogens with zero attached hydrogens (tertiary/aromatic N) is 1. The molecule has 1 unspecified atom stereocenters. The van der Waals surface area contributed by atoms with Crippen molar-refractivity contribution in [2.24, 2.45) is 0 Å². The van der Waals surface area contributed by atoms with Crippen LogP contribution in [0.4, 0.5) is 13.6 Å². The summed E-state index contributed by atoms with van der Waals surface area (Å²) in [6, 6.07) is 7.35. The maximum Gasteiger partial charge on any atom is 0.407 e. The monoisotopic (exact) mass is 397 g/mol. The Hall–Kier alpha value is -2.56. The van der Waals surface area contributed by atoms with Crippen molar-refractivity contribution in [2.45, 2.75) is 31.3 Å². The van der Waals surface area contributed by atoms with E-state index >= 15 is 0 Å². The molecular formula is C18H21F2N3O5. The van der Waals surface area contributed by atoms with Gasteiger partial charge in [0.1, 0.15) is 12.2 Å². The lowest BCUT2D eigenvalue weighted by Gasteiger charge is -2.22. The van der Waals surface area contributed by atoms with Crippen LogP contribution in [0.15, 0.2) is 41.3 Å². The number of alkyl carbamates (subject to hydrolysis) is 1. The molecule has 3 N–H and O–H groups in total. The number of alkyl halides is 2. The second-order valence-corrected chi connectivity index (χ2v) is 6.28. The van der Waals surface area contributed by atoms with Crippen LogP contribution in [0.3, 0.4) is 0 Å². The first-order valence-electron chi connectivity index (χ1n) is 8.76. The van der Waals surface area contributed by atoms with Crippen molar-refractivity contribution in [3.05, 3.63) is 42.4 Å². The molecule has 1 fully saturated rings. The van der Waals surface area contributed by atoms with Gasteiger partial charge in [0.25, 0.3) is 0 Å². The zero-order valence-electron chi connectivity index (χ0n) is 14.9. The highest BCUT2D eigenvalue weighted by Crippen LogP contribution is 2.21. The Labute approximate surface area is 159 Å². The number of hydrogen-bond acceptors (Lipinski definition) is 7. The maximum absolute atomic E-state index is 11.9. The third kappa shape index (κ3) is 5.47. The summed E-state index contributed by atoms with van der Waals surface area (Å²) in [5, 5.41) is 15.5. The zero-order valence-corrected chi connectivity index (χ0v) is 14.9.